The van der Waals surface area contributed by atoms with E-state index in [2.05, 4.69) is 45.8 Å². The highest BCUT2D eigenvalue weighted by molar-refractivity contribution is 5.74. The molecule has 0 unspecified atom stereocenters. The third-order valence-electron chi connectivity index (χ3n) is 5.79. The first-order chi connectivity index (χ1) is 11.7. The highest BCUT2D eigenvalue weighted by atomic mass is 15.3. The van der Waals surface area contributed by atoms with Gasteiger partial charge in [0, 0.05) is 29.9 Å². The van der Waals surface area contributed by atoms with E-state index in [1.54, 1.807) is 0 Å². The Balaban J connectivity index is 2.39. The van der Waals surface area contributed by atoms with Gasteiger partial charge in [0.1, 0.15) is 6.07 Å². The molecule has 4 heteroatoms. The summed E-state index contributed by atoms with van der Waals surface area (Å²) in [4.78, 5) is 5.04. The van der Waals surface area contributed by atoms with Gasteiger partial charge in [-0.2, -0.15) is 10.4 Å². The SMILES string of the molecule is CCC(C)(C)c1nc2c(c(-c3ccnn3C)c1C#N)CC(C)(C)CC2. The third-order valence-corrected chi connectivity index (χ3v) is 5.79. The second-order valence-electron chi connectivity index (χ2n) is 8.67. The largest absolute Gasteiger partial charge is 0.268 e. The Morgan fingerprint density at radius 1 is 1.36 bits per heavy atom. The second-order valence-corrected chi connectivity index (χ2v) is 8.67. The van der Waals surface area contributed by atoms with Gasteiger partial charge in [0.05, 0.1) is 17.0 Å². The van der Waals surface area contributed by atoms with E-state index in [4.69, 9.17) is 4.98 Å². The van der Waals surface area contributed by atoms with E-state index in [-0.39, 0.29) is 10.8 Å². The molecule has 0 atom stereocenters. The summed E-state index contributed by atoms with van der Waals surface area (Å²) >= 11 is 0. The van der Waals surface area contributed by atoms with E-state index in [0.717, 1.165) is 48.2 Å². The number of pyridine rings is 1. The number of aryl methyl sites for hydroxylation is 2. The fourth-order valence-electron chi connectivity index (χ4n) is 3.76. The third kappa shape index (κ3) is 2.97. The summed E-state index contributed by atoms with van der Waals surface area (Å²) in [6.07, 6.45) is 5.82. The molecule has 2 aromatic heterocycles. The molecule has 2 aromatic rings. The number of nitriles is 1. The zero-order valence-electron chi connectivity index (χ0n) is 16.3. The predicted molar refractivity (Wildman–Crippen MR) is 100 cm³/mol. The molecule has 1 aliphatic rings. The van der Waals surface area contributed by atoms with Crippen molar-refractivity contribution >= 4 is 0 Å². The molecule has 0 saturated heterocycles. The molecule has 1 aliphatic carbocycles. The minimum absolute atomic E-state index is 0.125. The molecule has 0 spiro atoms. The lowest BCUT2D eigenvalue weighted by Crippen LogP contribution is -2.28. The molecule has 3 rings (SSSR count). The van der Waals surface area contributed by atoms with Gasteiger partial charge in [-0.3, -0.25) is 9.67 Å². The van der Waals surface area contributed by atoms with Crippen molar-refractivity contribution in [1.29, 1.82) is 5.26 Å². The van der Waals surface area contributed by atoms with Crippen LogP contribution in [0.15, 0.2) is 12.3 Å². The van der Waals surface area contributed by atoms with Crippen molar-refractivity contribution in [3.05, 3.63) is 34.8 Å². The number of hydrogen-bond donors (Lipinski definition) is 0. The molecular weight excluding hydrogens is 308 g/mol. The molecule has 0 saturated carbocycles. The fourth-order valence-corrected chi connectivity index (χ4v) is 3.76. The minimum Gasteiger partial charge on any atom is -0.268 e. The summed E-state index contributed by atoms with van der Waals surface area (Å²) in [7, 11) is 1.95. The summed E-state index contributed by atoms with van der Waals surface area (Å²) in [6.45, 7) is 11.1. The van der Waals surface area contributed by atoms with E-state index < -0.39 is 0 Å². The van der Waals surface area contributed by atoms with Crippen LogP contribution in [0.3, 0.4) is 0 Å². The van der Waals surface area contributed by atoms with Crippen LogP contribution in [0.25, 0.3) is 11.3 Å². The Bertz CT molecular complexity index is 850. The van der Waals surface area contributed by atoms with Crippen LogP contribution in [0, 0.1) is 16.7 Å². The average molecular weight is 336 g/mol. The predicted octanol–water partition coefficient (Wildman–Crippen LogP) is 4.56. The molecule has 0 amide bonds. The van der Waals surface area contributed by atoms with Crippen molar-refractivity contribution in [1.82, 2.24) is 14.8 Å². The molecule has 0 fully saturated rings. The number of nitrogens with zero attached hydrogens (tertiary/aromatic N) is 4. The molecule has 25 heavy (non-hydrogen) atoms. The summed E-state index contributed by atoms with van der Waals surface area (Å²) in [5.41, 5.74) is 6.26. The monoisotopic (exact) mass is 336 g/mol. The smallest absolute Gasteiger partial charge is 0.102 e. The van der Waals surface area contributed by atoms with Gasteiger partial charge in [-0.05, 0) is 42.7 Å². The summed E-state index contributed by atoms with van der Waals surface area (Å²) in [5, 5.41) is 14.4. The van der Waals surface area contributed by atoms with Crippen molar-refractivity contribution in [2.24, 2.45) is 12.5 Å². The number of fused-ring (bicyclic) bond motifs is 1. The van der Waals surface area contributed by atoms with Gasteiger partial charge >= 0.3 is 0 Å². The number of rotatable bonds is 3. The molecule has 0 aliphatic heterocycles. The lowest BCUT2D eigenvalue weighted by atomic mass is 9.72. The summed E-state index contributed by atoms with van der Waals surface area (Å²) in [6, 6.07) is 4.51. The zero-order chi connectivity index (χ0) is 18.4. The summed E-state index contributed by atoms with van der Waals surface area (Å²) in [5.74, 6) is 0. The Hall–Kier alpha value is -2.15. The molecule has 132 valence electrons. The van der Waals surface area contributed by atoms with Crippen LogP contribution in [0.5, 0.6) is 0 Å². The van der Waals surface area contributed by atoms with E-state index in [1.807, 2.05) is 24.0 Å². The first-order valence-corrected chi connectivity index (χ1v) is 9.15. The van der Waals surface area contributed by atoms with Gasteiger partial charge in [0.2, 0.25) is 0 Å². The molecule has 0 N–H and O–H groups in total. The van der Waals surface area contributed by atoms with Crippen molar-refractivity contribution in [3.8, 4) is 17.3 Å². The van der Waals surface area contributed by atoms with Gasteiger partial charge < -0.3 is 0 Å². The van der Waals surface area contributed by atoms with Crippen molar-refractivity contribution in [2.45, 2.75) is 65.7 Å². The van der Waals surface area contributed by atoms with Crippen molar-refractivity contribution in [2.75, 3.05) is 0 Å². The van der Waals surface area contributed by atoms with Crippen molar-refractivity contribution in [3.63, 3.8) is 0 Å². The van der Waals surface area contributed by atoms with Crippen LogP contribution >= 0.6 is 0 Å². The minimum atomic E-state index is -0.125. The second kappa shape index (κ2) is 5.98. The van der Waals surface area contributed by atoms with Gasteiger partial charge in [0.25, 0.3) is 0 Å². The molecule has 2 heterocycles. The Morgan fingerprint density at radius 3 is 2.64 bits per heavy atom. The maximum absolute atomic E-state index is 10.1. The number of hydrogen-bond acceptors (Lipinski definition) is 3. The van der Waals surface area contributed by atoms with E-state index >= 15 is 0 Å². The fraction of sp³-hybridized carbons (Fsp3) is 0.571. The Morgan fingerprint density at radius 2 is 2.08 bits per heavy atom. The van der Waals surface area contributed by atoms with Crippen LogP contribution in [-0.2, 0) is 25.3 Å². The van der Waals surface area contributed by atoms with Gasteiger partial charge in [-0.25, -0.2) is 0 Å². The Kier molecular flexibility index (Phi) is 4.23. The average Bonchev–Trinajstić information content (AvgIpc) is 2.98. The van der Waals surface area contributed by atoms with E-state index in [9.17, 15) is 5.26 Å². The van der Waals surface area contributed by atoms with E-state index in [0.29, 0.717) is 0 Å². The van der Waals surface area contributed by atoms with Crippen LogP contribution in [-0.4, -0.2) is 14.8 Å². The maximum atomic E-state index is 10.1. The normalized spacial score (nSPS) is 16.4. The van der Waals surface area contributed by atoms with Gasteiger partial charge in [-0.1, -0.05) is 34.6 Å². The quantitative estimate of drug-likeness (QED) is 0.826. The van der Waals surface area contributed by atoms with Crippen LogP contribution in [0.1, 0.15) is 70.0 Å². The maximum Gasteiger partial charge on any atom is 0.102 e. The van der Waals surface area contributed by atoms with Gasteiger partial charge in [0.15, 0.2) is 0 Å². The van der Waals surface area contributed by atoms with Crippen LogP contribution < -0.4 is 0 Å². The van der Waals surface area contributed by atoms with Crippen molar-refractivity contribution < 1.29 is 0 Å². The standard InChI is InChI=1S/C21H28N4/c1-7-21(4,5)19-15(13-22)18(17-9-11-23-25(17)6)14-12-20(2,3)10-8-16(14)24-19/h9,11H,7-8,10,12H2,1-6H3. The first-order valence-electron chi connectivity index (χ1n) is 9.15. The molecule has 0 radical (unpaired) electrons. The topological polar surface area (TPSA) is 54.5 Å². The van der Waals surface area contributed by atoms with Gasteiger partial charge in [-0.15, -0.1) is 0 Å². The highest BCUT2D eigenvalue weighted by Gasteiger charge is 2.34. The molecule has 0 bridgehead atoms. The molecule has 4 nitrogen and oxygen atoms in total. The van der Waals surface area contributed by atoms with E-state index in [1.165, 1.54) is 11.3 Å². The lowest BCUT2D eigenvalue weighted by molar-refractivity contribution is 0.311. The summed E-state index contributed by atoms with van der Waals surface area (Å²) < 4.78 is 1.88. The number of aromatic nitrogens is 3. The molecule has 0 aromatic carbocycles. The Labute approximate surface area is 150 Å². The molecular formula is C21H28N4. The lowest BCUT2D eigenvalue weighted by Gasteiger charge is -2.34. The van der Waals surface area contributed by atoms with Crippen LogP contribution in [0.4, 0.5) is 0 Å². The van der Waals surface area contributed by atoms with Crippen LogP contribution in [0.2, 0.25) is 0 Å². The zero-order valence-corrected chi connectivity index (χ0v) is 16.3. The first kappa shape index (κ1) is 17.7. The highest BCUT2D eigenvalue weighted by Crippen LogP contribution is 2.43.